The maximum Gasteiger partial charge on any atom is 0.137 e. The zero-order valence-corrected chi connectivity index (χ0v) is 10.2. The molecule has 3 nitrogen and oxygen atoms in total. The summed E-state index contributed by atoms with van der Waals surface area (Å²) >= 11 is 6.06. The van der Waals surface area contributed by atoms with E-state index in [9.17, 15) is 5.11 Å². The predicted octanol–water partition coefficient (Wildman–Crippen LogP) is 2.48. The van der Waals surface area contributed by atoms with Crippen LogP contribution < -0.4 is 4.74 Å². The lowest BCUT2D eigenvalue weighted by molar-refractivity contribution is 0.141. The fourth-order valence-corrected chi connectivity index (χ4v) is 2.09. The summed E-state index contributed by atoms with van der Waals surface area (Å²) in [6.45, 7) is 0.450. The number of aliphatic hydroxyl groups is 1. The van der Waals surface area contributed by atoms with Gasteiger partial charge in [-0.1, -0.05) is 11.6 Å². The molecule has 1 aliphatic carbocycles. The van der Waals surface area contributed by atoms with Gasteiger partial charge in [-0.2, -0.15) is 0 Å². The summed E-state index contributed by atoms with van der Waals surface area (Å²) in [6, 6.07) is 3.61. The highest BCUT2D eigenvalue weighted by atomic mass is 35.5. The molecule has 0 atom stereocenters. The molecule has 1 fully saturated rings. The molecule has 0 amide bonds. The van der Waals surface area contributed by atoms with Crippen LogP contribution >= 0.6 is 11.6 Å². The fourth-order valence-electron chi connectivity index (χ4n) is 1.85. The first-order valence-corrected chi connectivity index (χ1v) is 5.57. The second kappa shape index (κ2) is 4.24. The highest BCUT2D eigenvalue weighted by Gasteiger charge is 2.43. The van der Waals surface area contributed by atoms with E-state index in [2.05, 4.69) is 0 Å². The predicted molar refractivity (Wildman–Crippen MR) is 61.8 cm³/mol. The van der Waals surface area contributed by atoms with Gasteiger partial charge >= 0.3 is 0 Å². The standard InChI is InChI=1S/C12H15ClO3/c1-15-7-8-5-11(16-2)10(13)6-9(8)12(14)3-4-12/h5-6,14H,3-4,7H2,1-2H3. The van der Waals surface area contributed by atoms with Crippen molar-refractivity contribution in [3.8, 4) is 5.75 Å². The summed E-state index contributed by atoms with van der Waals surface area (Å²) in [5.41, 5.74) is 1.09. The van der Waals surface area contributed by atoms with Gasteiger partial charge in [-0.3, -0.25) is 0 Å². The van der Waals surface area contributed by atoms with Crippen LogP contribution in [0.4, 0.5) is 0 Å². The number of rotatable bonds is 4. The first-order valence-electron chi connectivity index (χ1n) is 5.19. The Morgan fingerprint density at radius 1 is 1.38 bits per heavy atom. The summed E-state index contributed by atoms with van der Waals surface area (Å²) in [5, 5.41) is 10.7. The molecule has 1 aliphatic rings. The summed E-state index contributed by atoms with van der Waals surface area (Å²) in [5.74, 6) is 0.613. The monoisotopic (exact) mass is 242 g/mol. The van der Waals surface area contributed by atoms with Crippen molar-refractivity contribution in [1.29, 1.82) is 0 Å². The highest BCUT2D eigenvalue weighted by molar-refractivity contribution is 6.32. The molecular formula is C12H15ClO3. The third kappa shape index (κ3) is 2.03. The number of halogens is 1. The van der Waals surface area contributed by atoms with Crippen molar-refractivity contribution < 1.29 is 14.6 Å². The fraction of sp³-hybridized carbons (Fsp3) is 0.500. The topological polar surface area (TPSA) is 38.7 Å². The van der Waals surface area contributed by atoms with Gasteiger partial charge in [-0.05, 0) is 36.1 Å². The van der Waals surface area contributed by atoms with E-state index in [1.54, 1.807) is 20.3 Å². The van der Waals surface area contributed by atoms with E-state index >= 15 is 0 Å². The van der Waals surface area contributed by atoms with E-state index in [1.807, 2.05) is 6.07 Å². The van der Waals surface area contributed by atoms with E-state index in [0.29, 0.717) is 17.4 Å². The summed E-state index contributed by atoms with van der Waals surface area (Å²) < 4.78 is 10.3. The average molecular weight is 243 g/mol. The first-order chi connectivity index (χ1) is 7.60. The molecule has 0 saturated heterocycles. The lowest BCUT2D eigenvalue weighted by Gasteiger charge is -2.16. The molecule has 0 spiro atoms. The van der Waals surface area contributed by atoms with Gasteiger partial charge in [-0.15, -0.1) is 0 Å². The van der Waals surface area contributed by atoms with Gasteiger partial charge in [-0.25, -0.2) is 0 Å². The van der Waals surface area contributed by atoms with Crippen molar-refractivity contribution in [2.75, 3.05) is 14.2 Å². The molecule has 0 bridgehead atoms. The highest BCUT2D eigenvalue weighted by Crippen LogP contribution is 2.48. The lowest BCUT2D eigenvalue weighted by Crippen LogP contribution is -2.09. The number of ether oxygens (including phenoxy) is 2. The molecule has 1 saturated carbocycles. The van der Waals surface area contributed by atoms with Crippen LogP contribution in [-0.2, 0) is 16.9 Å². The SMILES string of the molecule is COCc1cc(OC)c(Cl)cc1C1(O)CC1. The van der Waals surface area contributed by atoms with Crippen LogP contribution in [0.1, 0.15) is 24.0 Å². The van der Waals surface area contributed by atoms with Crippen molar-refractivity contribution in [2.24, 2.45) is 0 Å². The van der Waals surface area contributed by atoms with Gasteiger partial charge < -0.3 is 14.6 Å². The van der Waals surface area contributed by atoms with Crippen molar-refractivity contribution in [3.63, 3.8) is 0 Å². The number of hydrogen-bond donors (Lipinski definition) is 1. The normalized spacial score (nSPS) is 17.2. The molecule has 4 heteroatoms. The molecule has 0 radical (unpaired) electrons. The minimum absolute atomic E-state index is 0.450. The van der Waals surface area contributed by atoms with Crippen LogP contribution in [0.3, 0.4) is 0 Å². The van der Waals surface area contributed by atoms with Crippen LogP contribution in [0.15, 0.2) is 12.1 Å². The van der Waals surface area contributed by atoms with Crippen LogP contribution in [0.25, 0.3) is 0 Å². The van der Waals surface area contributed by atoms with Gasteiger partial charge in [0, 0.05) is 7.11 Å². The second-order valence-corrected chi connectivity index (χ2v) is 4.52. The third-order valence-electron chi connectivity index (χ3n) is 2.90. The first kappa shape index (κ1) is 11.7. The minimum atomic E-state index is -0.705. The maximum absolute atomic E-state index is 10.1. The van der Waals surface area contributed by atoms with E-state index in [4.69, 9.17) is 21.1 Å². The molecule has 2 rings (SSSR count). The zero-order chi connectivity index (χ0) is 11.8. The van der Waals surface area contributed by atoms with Crippen LogP contribution in [0.2, 0.25) is 5.02 Å². The van der Waals surface area contributed by atoms with E-state index < -0.39 is 5.60 Å². The van der Waals surface area contributed by atoms with Gasteiger partial charge in [0.1, 0.15) is 5.75 Å². The summed E-state index contributed by atoms with van der Waals surface area (Å²) in [4.78, 5) is 0. The molecule has 0 aromatic heterocycles. The smallest absolute Gasteiger partial charge is 0.137 e. The van der Waals surface area contributed by atoms with E-state index in [0.717, 1.165) is 24.0 Å². The van der Waals surface area contributed by atoms with Crippen LogP contribution in [0, 0.1) is 0 Å². The Balaban J connectivity index is 2.45. The largest absolute Gasteiger partial charge is 0.495 e. The lowest BCUT2D eigenvalue weighted by atomic mass is 10.0. The Morgan fingerprint density at radius 3 is 2.56 bits per heavy atom. The molecule has 1 aromatic rings. The Kier molecular flexibility index (Phi) is 3.10. The van der Waals surface area contributed by atoms with E-state index in [-0.39, 0.29) is 0 Å². The molecule has 88 valence electrons. The molecular weight excluding hydrogens is 228 g/mol. The summed E-state index contributed by atoms with van der Waals surface area (Å²) in [6.07, 6.45) is 1.57. The van der Waals surface area contributed by atoms with Crippen molar-refractivity contribution in [2.45, 2.75) is 25.0 Å². The van der Waals surface area contributed by atoms with Crippen molar-refractivity contribution in [1.82, 2.24) is 0 Å². The quantitative estimate of drug-likeness (QED) is 0.882. The summed E-state index contributed by atoms with van der Waals surface area (Å²) in [7, 11) is 3.20. The van der Waals surface area contributed by atoms with E-state index in [1.165, 1.54) is 0 Å². The Labute approximate surface area is 99.9 Å². The zero-order valence-electron chi connectivity index (χ0n) is 9.42. The molecule has 1 aromatic carbocycles. The van der Waals surface area contributed by atoms with Crippen molar-refractivity contribution in [3.05, 3.63) is 28.3 Å². The van der Waals surface area contributed by atoms with Gasteiger partial charge in [0.15, 0.2) is 0 Å². The Bertz CT molecular complexity index is 399. The minimum Gasteiger partial charge on any atom is -0.495 e. The molecule has 0 unspecified atom stereocenters. The van der Waals surface area contributed by atoms with Crippen molar-refractivity contribution >= 4 is 11.6 Å². The molecule has 0 aliphatic heterocycles. The molecule has 1 N–H and O–H groups in total. The van der Waals surface area contributed by atoms with Crippen LogP contribution in [-0.4, -0.2) is 19.3 Å². The van der Waals surface area contributed by atoms with Gasteiger partial charge in [0.05, 0.1) is 24.3 Å². The third-order valence-corrected chi connectivity index (χ3v) is 3.20. The molecule has 16 heavy (non-hydrogen) atoms. The van der Waals surface area contributed by atoms with Crippen LogP contribution in [0.5, 0.6) is 5.75 Å². The van der Waals surface area contributed by atoms with Gasteiger partial charge in [0.2, 0.25) is 0 Å². The molecule has 0 heterocycles. The number of benzene rings is 1. The Hall–Kier alpha value is -0.770. The number of hydrogen-bond acceptors (Lipinski definition) is 3. The van der Waals surface area contributed by atoms with Gasteiger partial charge in [0.25, 0.3) is 0 Å². The number of methoxy groups -OCH3 is 2. The average Bonchev–Trinajstić information content (AvgIpc) is 3.00. The maximum atomic E-state index is 10.1. The second-order valence-electron chi connectivity index (χ2n) is 4.11. The Morgan fingerprint density at radius 2 is 2.06 bits per heavy atom.